The number of nitrogens with one attached hydrogen (secondary N) is 2. The lowest BCUT2D eigenvalue weighted by atomic mass is 10.2. The van der Waals surface area contributed by atoms with Crippen molar-refractivity contribution in [1.29, 1.82) is 0 Å². The molecule has 0 aliphatic rings. The van der Waals surface area contributed by atoms with E-state index in [1.54, 1.807) is 12.1 Å². The highest BCUT2D eigenvalue weighted by Gasteiger charge is 2.04. The molecule has 1 aromatic rings. The summed E-state index contributed by atoms with van der Waals surface area (Å²) in [6, 6.07) is 3.17. The molecule has 0 saturated heterocycles. The van der Waals surface area contributed by atoms with Crippen LogP contribution in [-0.2, 0) is 10.0 Å². The van der Waals surface area contributed by atoms with Crippen molar-refractivity contribution in [3.63, 3.8) is 0 Å². The third kappa shape index (κ3) is 4.85. The van der Waals surface area contributed by atoms with Crippen LogP contribution in [0, 0.1) is 0 Å². The summed E-state index contributed by atoms with van der Waals surface area (Å²) in [4.78, 5) is 15.2. The first-order valence-corrected chi connectivity index (χ1v) is 6.51. The Morgan fingerprint density at radius 1 is 1.31 bits per heavy atom. The SMILES string of the molecule is CS(=O)(=O)NCCNC(=O)c1ccncc1. The molecule has 0 spiro atoms. The topological polar surface area (TPSA) is 88.2 Å². The monoisotopic (exact) mass is 243 g/mol. The second-order valence-corrected chi connectivity index (χ2v) is 4.99. The number of rotatable bonds is 5. The van der Waals surface area contributed by atoms with Crippen LogP contribution in [-0.4, -0.2) is 38.7 Å². The van der Waals surface area contributed by atoms with Gasteiger partial charge < -0.3 is 5.32 Å². The molecule has 0 saturated carbocycles. The molecular formula is C9H13N3O3S. The summed E-state index contributed by atoms with van der Waals surface area (Å²) in [5.41, 5.74) is 0.495. The first-order chi connectivity index (χ1) is 7.49. The lowest BCUT2D eigenvalue weighted by Crippen LogP contribution is -2.34. The summed E-state index contributed by atoms with van der Waals surface area (Å²) < 4.78 is 23.7. The van der Waals surface area contributed by atoms with Gasteiger partial charge in [-0.15, -0.1) is 0 Å². The number of sulfonamides is 1. The number of nitrogens with zero attached hydrogens (tertiary/aromatic N) is 1. The van der Waals surface area contributed by atoms with Crippen LogP contribution < -0.4 is 10.0 Å². The Morgan fingerprint density at radius 2 is 1.94 bits per heavy atom. The van der Waals surface area contributed by atoms with Crippen molar-refractivity contribution in [2.75, 3.05) is 19.3 Å². The lowest BCUT2D eigenvalue weighted by molar-refractivity contribution is 0.0954. The fourth-order valence-electron chi connectivity index (χ4n) is 1.02. The van der Waals surface area contributed by atoms with Gasteiger partial charge >= 0.3 is 0 Å². The lowest BCUT2D eigenvalue weighted by Gasteiger charge is -2.05. The average molecular weight is 243 g/mol. The van der Waals surface area contributed by atoms with Gasteiger partial charge in [0.25, 0.3) is 5.91 Å². The highest BCUT2D eigenvalue weighted by molar-refractivity contribution is 7.88. The van der Waals surface area contributed by atoms with Crippen LogP contribution in [0.1, 0.15) is 10.4 Å². The van der Waals surface area contributed by atoms with Crippen molar-refractivity contribution in [2.24, 2.45) is 0 Å². The molecule has 1 heterocycles. The minimum Gasteiger partial charge on any atom is -0.351 e. The zero-order valence-corrected chi connectivity index (χ0v) is 9.62. The van der Waals surface area contributed by atoms with Crippen LogP contribution in [0.2, 0.25) is 0 Å². The van der Waals surface area contributed by atoms with E-state index in [2.05, 4.69) is 15.0 Å². The zero-order valence-electron chi connectivity index (χ0n) is 8.80. The minimum absolute atomic E-state index is 0.176. The van der Waals surface area contributed by atoms with Crippen molar-refractivity contribution >= 4 is 15.9 Å². The number of hydrogen-bond acceptors (Lipinski definition) is 4. The van der Waals surface area contributed by atoms with Crippen LogP contribution in [0.4, 0.5) is 0 Å². The molecule has 0 radical (unpaired) electrons. The first-order valence-electron chi connectivity index (χ1n) is 4.62. The summed E-state index contributed by atoms with van der Waals surface area (Å²) in [6.07, 6.45) is 4.10. The van der Waals surface area contributed by atoms with E-state index in [-0.39, 0.29) is 19.0 Å². The largest absolute Gasteiger partial charge is 0.351 e. The third-order valence-electron chi connectivity index (χ3n) is 1.72. The van der Waals surface area contributed by atoms with Gasteiger partial charge in [0.05, 0.1) is 6.26 Å². The Bertz CT molecular complexity index is 444. The van der Waals surface area contributed by atoms with E-state index in [0.717, 1.165) is 6.26 Å². The van der Waals surface area contributed by atoms with Crippen molar-refractivity contribution in [1.82, 2.24) is 15.0 Å². The van der Waals surface area contributed by atoms with Crippen molar-refractivity contribution in [3.8, 4) is 0 Å². The molecule has 88 valence electrons. The van der Waals surface area contributed by atoms with Crippen LogP contribution in [0.15, 0.2) is 24.5 Å². The van der Waals surface area contributed by atoms with E-state index in [1.807, 2.05) is 0 Å². The minimum atomic E-state index is -3.20. The molecule has 1 rings (SSSR count). The maximum atomic E-state index is 11.5. The second-order valence-electron chi connectivity index (χ2n) is 3.16. The van der Waals surface area contributed by atoms with Gasteiger partial charge in [-0.25, -0.2) is 13.1 Å². The maximum Gasteiger partial charge on any atom is 0.251 e. The van der Waals surface area contributed by atoms with Crippen LogP contribution >= 0.6 is 0 Å². The Labute approximate surface area is 94.1 Å². The molecule has 0 aliphatic carbocycles. The smallest absolute Gasteiger partial charge is 0.251 e. The predicted octanol–water partition coefficient (Wildman–Crippen LogP) is -0.639. The van der Waals surface area contributed by atoms with E-state index in [4.69, 9.17) is 0 Å². The average Bonchev–Trinajstić information content (AvgIpc) is 2.24. The normalized spacial score (nSPS) is 11.1. The van der Waals surface area contributed by atoms with Crippen LogP contribution in [0.25, 0.3) is 0 Å². The molecule has 0 aliphatic heterocycles. The van der Waals surface area contributed by atoms with Crippen molar-refractivity contribution in [3.05, 3.63) is 30.1 Å². The van der Waals surface area contributed by atoms with Gasteiger partial charge in [0.1, 0.15) is 0 Å². The summed E-state index contributed by atoms with van der Waals surface area (Å²) in [5, 5.41) is 2.58. The number of carbonyl (C=O) groups excluding carboxylic acids is 1. The fraction of sp³-hybridized carbons (Fsp3) is 0.333. The Balaban J connectivity index is 2.32. The van der Waals surface area contributed by atoms with Gasteiger partial charge in [-0.1, -0.05) is 0 Å². The Kier molecular flexibility index (Phi) is 4.39. The van der Waals surface area contributed by atoms with E-state index in [0.29, 0.717) is 5.56 Å². The number of pyridine rings is 1. The van der Waals surface area contributed by atoms with E-state index < -0.39 is 10.0 Å². The summed E-state index contributed by atoms with van der Waals surface area (Å²) >= 11 is 0. The number of aromatic nitrogens is 1. The molecule has 2 N–H and O–H groups in total. The first kappa shape index (κ1) is 12.6. The highest BCUT2D eigenvalue weighted by Crippen LogP contribution is 1.94. The fourth-order valence-corrected chi connectivity index (χ4v) is 1.49. The highest BCUT2D eigenvalue weighted by atomic mass is 32.2. The van der Waals surface area contributed by atoms with Gasteiger partial charge in [0.2, 0.25) is 10.0 Å². The molecule has 0 bridgehead atoms. The molecule has 1 amide bonds. The number of carbonyl (C=O) groups is 1. The van der Waals surface area contributed by atoms with Crippen LogP contribution in [0.3, 0.4) is 0 Å². The molecule has 6 nitrogen and oxygen atoms in total. The van der Waals surface area contributed by atoms with Gasteiger partial charge in [-0.05, 0) is 12.1 Å². The predicted molar refractivity (Wildman–Crippen MR) is 59.4 cm³/mol. The third-order valence-corrected chi connectivity index (χ3v) is 2.45. The molecule has 0 aromatic carbocycles. The van der Waals surface area contributed by atoms with Crippen molar-refractivity contribution in [2.45, 2.75) is 0 Å². The summed E-state index contributed by atoms with van der Waals surface area (Å²) in [6.45, 7) is 0.421. The number of hydrogen-bond donors (Lipinski definition) is 2. The van der Waals surface area contributed by atoms with Crippen LogP contribution in [0.5, 0.6) is 0 Å². The van der Waals surface area contributed by atoms with Crippen molar-refractivity contribution < 1.29 is 13.2 Å². The molecular weight excluding hydrogens is 230 g/mol. The zero-order chi connectivity index (χ0) is 12.0. The molecule has 16 heavy (non-hydrogen) atoms. The summed E-state index contributed by atoms with van der Waals surface area (Å²) in [5.74, 6) is -0.252. The van der Waals surface area contributed by atoms with Gasteiger partial charge in [-0.2, -0.15) is 0 Å². The number of amides is 1. The maximum absolute atomic E-state index is 11.5. The molecule has 0 unspecified atom stereocenters. The van der Waals surface area contributed by atoms with E-state index >= 15 is 0 Å². The Morgan fingerprint density at radius 3 is 2.50 bits per heavy atom. The Hall–Kier alpha value is -1.47. The van der Waals surface area contributed by atoms with E-state index in [1.165, 1.54) is 12.4 Å². The molecule has 7 heteroatoms. The quantitative estimate of drug-likeness (QED) is 0.673. The summed E-state index contributed by atoms with van der Waals surface area (Å²) in [7, 11) is -3.20. The molecule has 1 aromatic heterocycles. The van der Waals surface area contributed by atoms with E-state index in [9.17, 15) is 13.2 Å². The molecule has 0 atom stereocenters. The van der Waals surface area contributed by atoms with Gasteiger partial charge in [0, 0.05) is 31.0 Å². The van der Waals surface area contributed by atoms with Gasteiger partial charge in [-0.3, -0.25) is 9.78 Å². The standard InChI is InChI=1S/C9H13N3O3S/c1-16(14,15)12-7-6-11-9(13)8-2-4-10-5-3-8/h2-5,12H,6-7H2,1H3,(H,11,13). The second kappa shape index (κ2) is 5.57. The molecule has 0 fully saturated rings. The van der Waals surface area contributed by atoms with Gasteiger partial charge in [0.15, 0.2) is 0 Å².